The van der Waals surface area contributed by atoms with E-state index in [1.807, 2.05) is 62.4 Å². The molecule has 0 saturated heterocycles. The number of fused-ring (bicyclic) bond motifs is 1. The summed E-state index contributed by atoms with van der Waals surface area (Å²) in [6.45, 7) is 8.69. The number of benzene rings is 2. The van der Waals surface area contributed by atoms with Gasteiger partial charge in [-0.3, -0.25) is 14.2 Å². The number of anilines is 1. The van der Waals surface area contributed by atoms with Crippen molar-refractivity contribution >= 4 is 44.9 Å². The van der Waals surface area contributed by atoms with E-state index in [1.54, 1.807) is 15.9 Å². The predicted molar refractivity (Wildman–Crippen MR) is 150 cm³/mol. The number of amides is 1. The van der Waals surface area contributed by atoms with Gasteiger partial charge in [-0.2, -0.15) is 0 Å². The Balaban J connectivity index is 1.71. The SMILES string of the molecule is CCCc1sc2nc(SCC(=O)Nc3ccccc3CC)n(-c3ccc(OCC)cc3)c(=O)c2c1C. The maximum Gasteiger partial charge on any atom is 0.267 e. The number of thioether (sulfide) groups is 1. The van der Waals surface area contributed by atoms with Crippen LogP contribution in [0.1, 0.15) is 43.2 Å². The lowest BCUT2D eigenvalue weighted by Gasteiger charge is -2.14. The Kier molecular flexibility index (Phi) is 8.48. The first-order valence-electron chi connectivity index (χ1n) is 12.3. The maximum atomic E-state index is 13.8. The topological polar surface area (TPSA) is 73.2 Å². The molecule has 0 aliphatic rings. The quantitative estimate of drug-likeness (QED) is 0.193. The van der Waals surface area contributed by atoms with Gasteiger partial charge in [0, 0.05) is 10.6 Å². The lowest BCUT2D eigenvalue weighted by atomic mass is 10.1. The lowest BCUT2D eigenvalue weighted by molar-refractivity contribution is -0.113. The minimum atomic E-state index is -0.137. The van der Waals surface area contributed by atoms with Gasteiger partial charge in [-0.25, -0.2) is 4.98 Å². The van der Waals surface area contributed by atoms with E-state index in [-0.39, 0.29) is 17.2 Å². The molecule has 188 valence electrons. The third-order valence-electron chi connectivity index (χ3n) is 5.92. The summed E-state index contributed by atoms with van der Waals surface area (Å²) in [5.74, 6) is 0.741. The van der Waals surface area contributed by atoms with E-state index in [2.05, 4.69) is 19.2 Å². The number of ether oxygens (including phenoxy) is 1. The molecule has 0 fully saturated rings. The normalized spacial score (nSPS) is 11.1. The van der Waals surface area contributed by atoms with Gasteiger partial charge in [0.15, 0.2) is 5.16 Å². The molecule has 8 heteroatoms. The highest BCUT2D eigenvalue weighted by atomic mass is 32.2. The largest absolute Gasteiger partial charge is 0.494 e. The third-order valence-corrected chi connectivity index (χ3v) is 8.10. The van der Waals surface area contributed by atoms with Gasteiger partial charge in [0.1, 0.15) is 10.6 Å². The van der Waals surface area contributed by atoms with Crippen LogP contribution in [0.3, 0.4) is 0 Å². The Bertz CT molecular complexity index is 1420. The predicted octanol–water partition coefficient (Wildman–Crippen LogP) is 6.40. The second-order valence-electron chi connectivity index (χ2n) is 8.39. The van der Waals surface area contributed by atoms with Gasteiger partial charge in [-0.15, -0.1) is 11.3 Å². The van der Waals surface area contributed by atoms with Crippen molar-refractivity contribution in [3.63, 3.8) is 0 Å². The fourth-order valence-electron chi connectivity index (χ4n) is 4.13. The second-order valence-corrected chi connectivity index (χ2v) is 10.4. The molecular formula is C28H31N3O3S2. The van der Waals surface area contributed by atoms with Crippen molar-refractivity contribution in [1.82, 2.24) is 9.55 Å². The minimum Gasteiger partial charge on any atom is -0.494 e. The van der Waals surface area contributed by atoms with Crippen LogP contribution in [0.5, 0.6) is 5.75 Å². The molecule has 0 bridgehead atoms. The van der Waals surface area contributed by atoms with Crippen molar-refractivity contribution in [3.8, 4) is 11.4 Å². The van der Waals surface area contributed by atoms with Crippen LogP contribution in [-0.2, 0) is 17.6 Å². The van der Waals surface area contributed by atoms with E-state index in [0.29, 0.717) is 22.8 Å². The van der Waals surface area contributed by atoms with Crippen LogP contribution >= 0.6 is 23.1 Å². The van der Waals surface area contributed by atoms with E-state index in [0.717, 1.165) is 46.7 Å². The van der Waals surface area contributed by atoms with Crippen molar-refractivity contribution in [2.45, 2.75) is 52.1 Å². The molecule has 36 heavy (non-hydrogen) atoms. The first kappa shape index (κ1) is 26.0. The van der Waals surface area contributed by atoms with Crippen LogP contribution in [-0.4, -0.2) is 27.8 Å². The highest BCUT2D eigenvalue weighted by Gasteiger charge is 2.20. The Labute approximate surface area is 219 Å². The van der Waals surface area contributed by atoms with Gasteiger partial charge in [0.25, 0.3) is 5.56 Å². The molecule has 1 amide bonds. The Morgan fingerprint density at radius 2 is 1.86 bits per heavy atom. The molecule has 4 rings (SSSR count). The second kappa shape index (κ2) is 11.8. The Hall–Kier alpha value is -3.10. The molecule has 0 atom stereocenters. The number of hydrogen-bond donors (Lipinski definition) is 1. The number of nitrogens with one attached hydrogen (secondary N) is 1. The van der Waals surface area contributed by atoms with E-state index in [4.69, 9.17) is 9.72 Å². The summed E-state index contributed by atoms with van der Waals surface area (Å²) in [4.78, 5) is 33.4. The van der Waals surface area contributed by atoms with Crippen molar-refractivity contribution in [2.24, 2.45) is 0 Å². The van der Waals surface area contributed by atoms with E-state index < -0.39 is 0 Å². The molecule has 0 aliphatic heterocycles. The standard InChI is InChI=1S/C28H31N3O3S2/c1-5-10-23-18(4)25-26(36-23)30-28(31(27(25)33)20-13-15-21(16-14-20)34-7-3)35-17-24(32)29-22-12-9-8-11-19(22)6-2/h8-9,11-16H,5-7,10,17H2,1-4H3,(H,29,32). The van der Waals surface area contributed by atoms with Crippen LogP contribution < -0.4 is 15.6 Å². The minimum absolute atomic E-state index is 0.112. The first-order chi connectivity index (χ1) is 17.5. The molecule has 2 aromatic heterocycles. The van der Waals surface area contributed by atoms with Crippen LogP contribution in [0, 0.1) is 6.92 Å². The van der Waals surface area contributed by atoms with Gasteiger partial charge in [0.05, 0.1) is 23.4 Å². The van der Waals surface area contributed by atoms with E-state index in [9.17, 15) is 9.59 Å². The molecule has 0 aliphatic carbocycles. The van der Waals surface area contributed by atoms with Gasteiger partial charge in [-0.1, -0.05) is 50.2 Å². The highest BCUT2D eigenvalue weighted by molar-refractivity contribution is 7.99. The summed E-state index contributed by atoms with van der Waals surface area (Å²) in [5, 5.41) is 4.16. The summed E-state index contributed by atoms with van der Waals surface area (Å²) in [7, 11) is 0. The molecule has 0 radical (unpaired) electrons. The van der Waals surface area contributed by atoms with Crippen LogP contribution in [0.25, 0.3) is 15.9 Å². The van der Waals surface area contributed by atoms with Crippen molar-refractivity contribution in [3.05, 3.63) is 74.9 Å². The fraction of sp³-hybridized carbons (Fsp3) is 0.321. The van der Waals surface area contributed by atoms with Crippen molar-refractivity contribution in [1.29, 1.82) is 0 Å². The molecule has 2 heterocycles. The van der Waals surface area contributed by atoms with Crippen LogP contribution in [0.4, 0.5) is 5.69 Å². The number of aryl methyl sites for hydroxylation is 3. The molecule has 0 unspecified atom stereocenters. The summed E-state index contributed by atoms with van der Waals surface area (Å²) >= 11 is 2.84. The zero-order chi connectivity index (χ0) is 25.7. The van der Waals surface area contributed by atoms with E-state index >= 15 is 0 Å². The average molecular weight is 522 g/mol. The van der Waals surface area contributed by atoms with Gasteiger partial charge < -0.3 is 10.1 Å². The molecule has 0 saturated carbocycles. The summed E-state index contributed by atoms with van der Waals surface area (Å²) in [5.41, 5.74) is 3.48. The third kappa shape index (κ3) is 5.50. The molecule has 1 N–H and O–H groups in total. The smallest absolute Gasteiger partial charge is 0.267 e. The van der Waals surface area contributed by atoms with Crippen molar-refractivity contribution in [2.75, 3.05) is 17.7 Å². The van der Waals surface area contributed by atoms with Gasteiger partial charge in [-0.05, 0) is 68.1 Å². The summed E-state index contributed by atoms with van der Waals surface area (Å²) in [6.07, 6.45) is 2.75. The Morgan fingerprint density at radius 1 is 1.11 bits per heavy atom. The number of carbonyl (C=O) groups excluding carboxylic acids is 1. The van der Waals surface area contributed by atoms with E-state index in [1.165, 1.54) is 16.6 Å². The number of rotatable bonds is 10. The zero-order valence-corrected chi connectivity index (χ0v) is 22.7. The fourth-order valence-corrected chi connectivity index (χ4v) is 6.26. The molecule has 2 aromatic carbocycles. The maximum absolute atomic E-state index is 13.8. The monoisotopic (exact) mass is 521 g/mol. The van der Waals surface area contributed by atoms with Gasteiger partial charge in [0.2, 0.25) is 5.91 Å². The van der Waals surface area contributed by atoms with Crippen LogP contribution in [0.15, 0.2) is 58.5 Å². The number of para-hydroxylation sites is 1. The summed E-state index contributed by atoms with van der Waals surface area (Å²) < 4.78 is 7.19. The molecule has 4 aromatic rings. The molecule has 0 spiro atoms. The number of hydrogen-bond acceptors (Lipinski definition) is 6. The summed E-state index contributed by atoms with van der Waals surface area (Å²) in [6, 6.07) is 15.2. The number of thiophene rings is 1. The highest BCUT2D eigenvalue weighted by Crippen LogP contribution is 2.31. The van der Waals surface area contributed by atoms with Crippen LogP contribution in [0.2, 0.25) is 0 Å². The number of nitrogens with zero attached hydrogens (tertiary/aromatic N) is 2. The van der Waals surface area contributed by atoms with Gasteiger partial charge >= 0.3 is 0 Å². The lowest BCUT2D eigenvalue weighted by Crippen LogP contribution is -2.23. The molecular weight excluding hydrogens is 490 g/mol. The Morgan fingerprint density at radius 3 is 2.56 bits per heavy atom. The number of carbonyl (C=O) groups is 1. The zero-order valence-electron chi connectivity index (χ0n) is 21.1. The molecule has 6 nitrogen and oxygen atoms in total. The number of aromatic nitrogens is 2. The average Bonchev–Trinajstić information content (AvgIpc) is 3.19. The first-order valence-corrected chi connectivity index (χ1v) is 14.1. The van der Waals surface area contributed by atoms with Crippen molar-refractivity contribution < 1.29 is 9.53 Å².